The third kappa shape index (κ3) is 4.83. The van der Waals surface area contributed by atoms with Gasteiger partial charge in [0.05, 0.1) is 6.61 Å². The highest BCUT2D eigenvalue weighted by Crippen LogP contribution is 2.27. The monoisotopic (exact) mass is 184 g/mol. The molecule has 2 heteroatoms. The van der Waals surface area contributed by atoms with Crippen molar-refractivity contribution in [2.45, 2.75) is 27.2 Å². The number of aldehydes is 1. The number of carbonyl (C=O) groups excluding carboxylic acids is 1. The fourth-order valence-electron chi connectivity index (χ4n) is 1.69. The number of hydrogen-bond acceptors (Lipinski definition) is 2. The van der Waals surface area contributed by atoms with Gasteiger partial charge in [-0.3, -0.25) is 0 Å². The van der Waals surface area contributed by atoms with Crippen LogP contribution in [0.15, 0.2) is 12.2 Å². The molecular weight excluding hydrogens is 164 g/mol. The highest BCUT2D eigenvalue weighted by Gasteiger charge is 2.23. The second-order valence-corrected chi connectivity index (χ2v) is 3.90. The van der Waals surface area contributed by atoms with Crippen molar-refractivity contribution in [3.05, 3.63) is 12.2 Å². The molecule has 13 heavy (non-hydrogen) atoms. The van der Waals surface area contributed by atoms with Gasteiger partial charge in [-0.15, -0.1) is 0 Å². The van der Waals surface area contributed by atoms with Crippen LogP contribution in [0.2, 0.25) is 0 Å². The summed E-state index contributed by atoms with van der Waals surface area (Å²) in [6.07, 6.45) is 5.96. The molecule has 0 amide bonds. The second kappa shape index (κ2) is 5.92. The minimum absolute atomic E-state index is 0.0101. The Balaban J connectivity index is 4.30. The van der Waals surface area contributed by atoms with Crippen LogP contribution in [-0.2, 0) is 9.53 Å². The van der Waals surface area contributed by atoms with Gasteiger partial charge >= 0.3 is 0 Å². The van der Waals surface area contributed by atoms with Crippen molar-refractivity contribution in [3.8, 4) is 0 Å². The number of ether oxygens (including phenoxy) is 1. The van der Waals surface area contributed by atoms with Gasteiger partial charge in [-0.25, -0.2) is 0 Å². The third-order valence-electron chi connectivity index (χ3n) is 2.06. The average Bonchev–Trinajstić information content (AvgIpc) is 2.04. The number of rotatable bonds is 6. The van der Waals surface area contributed by atoms with Crippen LogP contribution in [0.3, 0.4) is 0 Å². The minimum Gasteiger partial charge on any atom is -0.384 e. The quantitative estimate of drug-likeness (QED) is 0.468. The molecule has 76 valence electrons. The molecule has 0 radical (unpaired) electrons. The van der Waals surface area contributed by atoms with Crippen LogP contribution in [0.25, 0.3) is 0 Å². The third-order valence-corrected chi connectivity index (χ3v) is 2.06. The molecule has 0 aromatic rings. The maximum absolute atomic E-state index is 10.5. The molecule has 0 saturated carbocycles. The number of allylic oxidation sites excluding steroid dienone is 1. The summed E-state index contributed by atoms with van der Waals surface area (Å²) in [6, 6.07) is 0. The van der Waals surface area contributed by atoms with Crippen molar-refractivity contribution >= 4 is 6.29 Å². The van der Waals surface area contributed by atoms with Gasteiger partial charge < -0.3 is 9.53 Å². The normalized spacial score (nSPS) is 18.5. The molecule has 2 unspecified atom stereocenters. The van der Waals surface area contributed by atoms with Gasteiger partial charge in [-0.05, 0) is 13.3 Å². The summed E-state index contributed by atoms with van der Waals surface area (Å²) in [7, 11) is 1.69. The SMILES string of the molecule is C/C=C\C(C)(COC)CC(C)C=O. The Bertz CT molecular complexity index is 175. The maximum Gasteiger partial charge on any atom is 0.122 e. The molecule has 2 atom stereocenters. The van der Waals surface area contributed by atoms with E-state index in [-0.39, 0.29) is 11.3 Å². The van der Waals surface area contributed by atoms with Crippen molar-refractivity contribution in [1.29, 1.82) is 0 Å². The van der Waals surface area contributed by atoms with E-state index >= 15 is 0 Å². The molecular formula is C11H20O2. The lowest BCUT2D eigenvalue weighted by atomic mass is 9.82. The van der Waals surface area contributed by atoms with Crippen LogP contribution >= 0.6 is 0 Å². The van der Waals surface area contributed by atoms with E-state index in [9.17, 15) is 4.79 Å². The van der Waals surface area contributed by atoms with Crippen LogP contribution in [0.1, 0.15) is 27.2 Å². The smallest absolute Gasteiger partial charge is 0.122 e. The van der Waals surface area contributed by atoms with Crippen LogP contribution < -0.4 is 0 Å². The van der Waals surface area contributed by atoms with Crippen molar-refractivity contribution in [3.63, 3.8) is 0 Å². The van der Waals surface area contributed by atoms with E-state index in [0.717, 1.165) is 12.7 Å². The molecule has 0 aliphatic rings. The van der Waals surface area contributed by atoms with Gasteiger partial charge in [0.25, 0.3) is 0 Å². The molecule has 0 aromatic carbocycles. The van der Waals surface area contributed by atoms with Crippen molar-refractivity contribution in [2.24, 2.45) is 11.3 Å². The predicted molar refractivity (Wildman–Crippen MR) is 54.6 cm³/mol. The van der Waals surface area contributed by atoms with Gasteiger partial charge in [0.1, 0.15) is 6.29 Å². The molecule has 0 spiro atoms. The fraction of sp³-hybridized carbons (Fsp3) is 0.727. The molecule has 0 N–H and O–H groups in total. The van der Waals surface area contributed by atoms with Gasteiger partial charge in [-0.2, -0.15) is 0 Å². The van der Waals surface area contributed by atoms with E-state index in [1.165, 1.54) is 0 Å². The van der Waals surface area contributed by atoms with E-state index in [4.69, 9.17) is 4.74 Å². The lowest BCUT2D eigenvalue weighted by Crippen LogP contribution is -2.23. The minimum atomic E-state index is -0.0101. The van der Waals surface area contributed by atoms with Crippen molar-refractivity contribution in [1.82, 2.24) is 0 Å². The Labute approximate surface area is 81.0 Å². The standard InChI is InChI=1S/C11H20O2/c1-5-6-11(3,9-13-4)7-10(2)8-12/h5-6,8,10H,7,9H2,1-4H3/b6-5-. The molecule has 0 rings (SSSR count). The van der Waals surface area contributed by atoms with Gasteiger partial charge in [0, 0.05) is 18.4 Å². The van der Waals surface area contributed by atoms with Crippen LogP contribution in [0, 0.1) is 11.3 Å². The first-order valence-corrected chi connectivity index (χ1v) is 4.66. The Kier molecular flexibility index (Phi) is 5.63. The highest BCUT2D eigenvalue weighted by molar-refractivity contribution is 5.52. The summed E-state index contributed by atoms with van der Waals surface area (Å²) < 4.78 is 5.14. The fourth-order valence-corrected chi connectivity index (χ4v) is 1.69. The van der Waals surface area contributed by atoms with Crippen LogP contribution in [0.5, 0.6) is 0 Å². The number of methoxy groups -OCH3 is 1. The number of carbonyl (C=O) groups is 1. The molecule has 0 fully saturated rings. The molecule has 0 bridgehead atoms. The van der Waals surface area contributed by atoms with E-state index in [1.54, 1.807) is 7.11 Å². The van der Waals surface area contributed by atoms with Gasteiger partial charge in [0.2, 0.25) is 0 Å². The van der Waals surface area contributed by atoms with Crippen LogP contribution in [0.4, 0.5) is 0 Å². The van der Waals surface area contributed by atoms with Gasteiger partial charge in [0.15, 0.2) is 0 Å². The second-order valence-electron chi connectivity index (χ2n) is 3.90. The molecule has 0 heterocycles. The summed E-state index contributed by atoms with van der Waals surface area (Å²) in [5.74, 6) is 0.0938. The Morgan fingerprint density at radius 1 is 1.54 bits per heavy atom. The summed E-state index contributed by atoms with van der Waals surface area (Å²) in [5, 5.41) is 0. The van der Waals surface area contributed by atoms with Crippen molar-refractivity contribution in [2.75, 3.05) is 13.7 Å². The molecule has 0 aliphatic carbocycles. The predicted octanol–water partition coefficient (Wildman–Crippen LogP) is 2.44. The van der Waals surface area contributed by atoms with Crippen molar-refractivity contribution < 1.29 is 9.53 Å². The molecule has 0 aliphatic heterocycles. The topological polar surface area (TPSA) is 26.3 Å². The van der Waals surface area contributed by atoms with E-state index in [2.05, 4.69) is 13.0 Å². The average molecular weight is 184 g/mol. The summed E-state index contributed by atoms with van der Waals surface area (Å²) in [6.45, 7) is 6.69. The molecule has 0 aromatic heterocycles. The molecule has 0 saturated heterocycles. The Morgan fingerprint density at radius 3 is 2.54 bits per heavy atom. The first-order chi connectivity index (χ1) is 6.08. The zero-order valence-corrected chi connectivity index (χ0v) is 9.04. The first-order valence-electron chi connectivity index (χ1n) is 4.66. The lowest BCUT2D eigenvalue weighted by Gasteiger charge is -2.26. The Hall–Kier alpha value is -0.630. The summed E-state index contributed by atoms with van der Waals surface area (Å²) >= 11 is 0. The zero-order valence-electron chi connectivity index (χ0n) is 9.04. The van der Waals surface area contributed by atoms with E-state index < -0.39 is 0 Å². The summed E-state index contributed by atoms with van der Waals surface area (Å²) in [4.78, 5) is 10.5. The Morgan fingerprint density at radius 2 is 2.15 bits per heavy atom. The van der Waals surface area contributed by atoms with Gasteiger partial charge in [-0.1, -0.05) is 26.0 Å². The van der Waals surface area contributed by atoms with E-state index in [1.807, 2.05) is 19.9 Å². The zero-order chi connectivity index (χ0) is 10.3. The van der Waals surface area contributed by atoms with Crippen LogP contribution in [-0.4, -0.2) is 20.0 Å². The number of hydrogen-bond donors (Lipinski definition) is 0. The largest absolute Gasteiger partial charge is 0.384 e. The first kappa shape index (κ1) is 12.4. The summed E-state index contributed by atoms with van der Waals surface area (Å²) in [5.41, 5.74) is -0.0101. The molecule has 2 nitrogen and oxygen atoms in total. The maximum atomic E-state index is 10.5. The highest BCUT2D eigenvalue weighted by atomic mass is 16.5. The lowest BCUT2D eigenvalue weighted by molar-refractivity contribution is -0.111. The van der Waals surface area contributed by atoms with E-state index in [0.29, 0.717) is 6.61 Å².